The van der Waals surface area contributed by atoms with Gasteiger partial charge in [0.05, 0.1) is 4.88 Å². The number of amides is 1. The maximum atomic E-state index is 12.1. The fourth-order valence-corrected chi connectivity index (χ4v) is 3.25. The zero-order valence-corrected chi connectivity index (χ0v) is 14.6. The van der Waals surface area contributed by atoms with Gasteiger partial charge in [-0.05, 0) is 55.4 Å². The predicted octanol–water partition coefficient (Wildman–Crippen LogP) is 3.90. The van der Waals surface area contributed by atoms with Gasteiger partial charge in [0.2, 0.25) is 0 Å². The third-order valence-corrected chi connectivity index (χ3v) is 4.53. The lowest BCUT2D eigenvalue weighted by Gasteiger charge is -2.11. The van der Waals surface area contributed by atoms with Crippen LogP contribution in [0.25, 0.3) is 0 Å². The summed E-state index contributed by atoms with van der Waals surface area (Å²) < 4.78 is 0. The molecular weight excluding hydrogens is 338 g/mol. The summed E-state index contributed by atoms with van der Waals surface area (Å²) in [7, 11) is 0. The number of anilines is 1. The van der Waals surface area contributed by atoms with Crippen LogP contribution in [0.2, 0.25) is 5.02 Å². The van der Waals surface area contributed by atoms with Crippen molar-refractivity contribution < 1.29 is 4.79 Å². The third-order valence-electron chi connectivity index (χ3n) is 3.00. The Bertz CT molecular complexity index is 700. The summed E-state index contributed by atoms with van der Waals surface area (Å²) in [6, 6.07) is 9.07. The first kappa shape index (κ1) is 16.7. The Morgan fingerprint density at radius 2 is 2.09 bits per heavy atom. The van der Waals surface area contributed by atoms with E-state index in [1.165, 1.54) is 16.9 Å². The van der Waals surface area contributed by atoms with E-state index in [0.29, 0.717) is 15.0 Å². The molecule has 0 bridgehead atoms. The molecule has 0 fully saturated rings. The highest BCUT2D eigenvalue weighted by Crippen LogP contribution is 2.21. The lowest BCUT2D eigenvalue weighted by molar-refractivity contribution is 0.0948. The van der Waals surface area contributed by atoms with E-state index in [9.17, 15) is 4.79 Å². The molecule has 0 saturated carbocycles. The molecule has 0 unspecified atom stereocenters. The largest absolute Gasteiger partial charge is 0.331 e. The minimum absolute atomic E-state index is 0.206. The molecule has 116 valence electrons. The van der Waals surface area contributed by atoms with E-state index in [2.05, 4.69) is 23.1 Å². The third kappa shape index (κ3) is 4.43. The van der Waals surface area contributed by atoms with E-state index < -0.39 is 0 Å². The highest BCUT2D eigenvalue weighted by molar-refractivity contribution is 7.80. The lowest BCUT2D eigenvalue weighted by atomic mass is 10.2. The summed E-state index contributed by atoms with van der Waals surface area (Å²) in [5, 5.41) is 3.84. The molecule has 1 heterocycles. The Morgan fingerprint density at radius 3 is 2.73 bits per heavy atom. The molecular formula is C15H16ClN3OS2. The van der Waals surface area contributed by atoms with Gasteiger partial charge in [-0.25, -0.2) is 0 Å². The first-order valence-corrected chi connectivity index (χ1v) is 8.32. The highest BCUT2D eigenvalue weighted by Gasteiger charge is 2.11. The number of carbonyl (C=O) groups is 1. The standard InChI is InChI=1S/C15H16ClN3OS2/c1-3-10-7-13(22-9(10)2)14(20)18-19-15(21)17-12-6-4-5-11(16)8-12/h4-8H,3H2,1-2H3,(H,18,20)(H2,17,19,21). The quantitative estimate of drug-likeness (QED) is 0.578. The number of hydrogen-bond donors (Lipinski definition) is 3. The number of thiocarbonyl (C=S) groups is 1. The van der Waals surface area contributed by atoms with Gasteiger partial charge in [-0.3, -0.25) is 15.6 Å². The Labute approximate surface area is 143 Å². The monoisotopic (exact) mass is 353 g/mol. The van der Waals surface area contributed by atoms with Crippen molar-refractivity contribution >= 4 is 51.9 Å². The Kier molecular flexibility index (Phi) is 5.76. The van der Waals surface area contributed by atoms with Crippen LogP contribution in [0.3, 0.4) is 0 Å². The molecule has 0 atom stereocenters. The molecule has 0 spiro atoms. The summed E-state index contributed by atoms with van der Waals surface area (Å²) >= 11 is 12.5. The normalized spacial score (nSPS) is 10.1. The number of halogens is 1. The topological polar surface area (TPSA) is 53.2 Å². The summed E-state index contributed by atoms with van der Waals surface area (Å²) in [6.45, 7) is 4.08. The van der Waals surface area contributed by atoms with E-state index in [-0.39, 0.29) is 5.91 Å². The number of hydrogen-bond acceptors (Lipinski definition) is 3. The molecule has 7 heteroatoms. The first-order chi connectivity index (χ1) is 10.5. The maximum Gasteiger partial charge on any atom is 0.279 e. The van der Waals surface area contributed by atoms with Crippen LogP contribution >= 0.6 is 35.2 Å². The van der Waals surface area contributed by atoms with Gasteiger partial charge in [-0.2, -0.15) is 0 Å². The molecule has 0 aliphatic rings. The van der Waals surface area contributed by atoms with Crippen molar-refractivity contribution in [1.82, 2.24) is 10.9 Å². The zero-order chi connectivity index (χ0) is 16.1. The number of hydrazine groups is 1. The average molecular weight is 354 g/mol. The number of rotatable bonds is 3. The van der Waals surface area contributed by atoms with Crippen molar-refractivity contribution in [2.75, 3.05) is 5.32 Å². The van der Waals surface area contributed by atoms with Crippen LogP contribution in [0, 0.1) is 6.92 Å². The minimum Gasteiger partial charge on any atom is -0.331 e. The van der Waals surface area contributed by atoms with Gasteiger partial charge in [-0.15, -0.1) is 11.3 Å². The Morgan fingerprint density at radius 1 is 1.32 bits per heavy atom. The number of aryl methyl sites for hydroxylation is 2. The molecule has 0 aliphatic heterocycles. The molecule has 2 aromatic rings. The molecule has 0 radical (unpaired) electrons. The van der Waals surface area contributed by atoms with E-state index in [1.807, 2.05) is 25.1 Å². The van der Waals surface area contributed by atoms with Gasteiger partial charge in [-0.1, -0.05) is 24.6 Å². The smallest absolute Gasteiger partial charge is 0.279 e. The number of thiophene rings is 1. The van der Waals surface area contributed by atoms with Crippen molar-refractivity contribution in [2.45, 2.75) is 20.3 Å². The molecule has 0 aliphatic carbocycles. The SMILES string of the molecule is CCc1cc(C(=O)NNC(=S)Nc2cccc(Cl)c2)sc1C. The second kappa shape index (κ2) is 7.58. The van der Waals surface area contributed by atoms with E-state index in [1.54, 1.807) is 12.1 Å². The first-order valence-electron chi connectivity index (χ1n) is 6.71. The number of nitrogens with one attached hydrogen (secondary N) is 3. The van der Waals surface area contributed by atoms with E-state index >= 15 is 0 Å². The van der Waals surface area contributed by atoms with Crippen LogP contribution in [0.1, 0.15) is 27.0 Å². The van der Waals surface area contributed by atoms with E-state index in [0.717, 1.165) is 17.0 Å². The summed E-state index contributed by atoms with van der Waals surface area (Å²) in [6.07, 6.45) is 0.914. The molecule has 4 nitrogen and oxygen atoms in total. The van der Waals surface area contributed by atoms with Gasteiger partial charge in [0.15, 0.2) is 5.11 Å². The van der Waals surface area contributed by atoms with Crippen LogP contribution in [0.4, 0.5) is 5.69 Å². The molecule has 1 aromatic heterocycles. The molecule has 0 saturated heterocycles. The molecule has 22 heavy (non-hydrogen) atoms. The van der Waals surface area contributed by atoms with Crippen molar-refractivity contribution in [2.24, 2.45) is 0 Å². The Balaban J connectivity index is 1.89. The number of carbonyl (C=O) groups excluding carboxylic acids is 1. The van der Waals surface area contributed by atoms with Crippen LogP contribution in [-0.2, 0) is 6.42 Å². The molecule has 1 aromatic carbocycles. The average Bonchev–Trinajstić information content (AvgIpc) is 2.86. The van der Waals surface area contributed by atoms with Crippen molar-refractivity contribution in [3.8, 4) is 0 Å². The second-order valence-corrected chi connectivity index (χ2v) is 6.69. The zero-order valence-electron chi connectivity index (χ0n) is 12.2. The predicted molar refractivity (Wildman–Crippen MR) is 96.7 cm³/mol. The van der Waals surface area contributed by atoms with E-state index in [4.69, 9.17) is 23.8 Å². The van der Waals surface area contributed by atoms with Gasteiger partial charge >= 0.3 is 0 Å². The van der Waals surface area contributed by atoms with Crippen LogP contribution < -0.4 is 16.2 Å². The number of benzene rings is 1. The van der Waals surface area contributed by atoms with Gasteiger partial charge < -0.3 is 5.32 Å². The summed E-state index contributed by atoms with van der Waals surface area (Å²) in [5.41, 5.74) is 7.20. The maximum absolute atomic E-state index is 12.1. The fourth-order valence-electron chi connectivity index (χ4n) is 1.89. The van der Waals surface area contributed by atoms with Crippen molar-refractivity contribution in [3.63, 3.8) is 0 Å². The lowest BCUT2D eigenvalue weighted by Crippen LogP contribution is -2.43. The van der Waals surface area contributed by atoms with Crippen molar-refractivity contribution in [1.29, 1.82) is 0 Å². The van der Waals surface area contributed by atoms with Gasteiger partial charge in [0.25, 0.3) is 5.91 Å². The van der Waals surface area contributed by atoms with Crippen LogP contribution in [0.5, 0.6) is 0 Å². The van der Waals surface area contributed by atoms with Crippen LogP contribution in [-0.4, -0.2) is 11.0 Å². The van der Waals surface area contributed by atoms with Crippen LogP contribution in [0.15, 0.2) is 30.3 Å². The Hall–Kier alpha value is -1.63. The van der Waals surface area contributed by atoms with Crippen molar-refractivity contribution in [3.05, 3.63) is 50.7 Å². The second-order valence-electron chi connectivity index (χ2n) is 4.59. The summed E-state index contributed by atoms with van der Waals surface area (Å²) in [4.78, 5) is 13.9. The highest BCUT2D eigenvalue weighted by atomic mass is 35.5. The van der Waals surface area contributed by atoms with Gasteiger partial charge in [0.1, 0.15) is 0 Å². The van der Waals surface area contributed by atoms with Gasteiger partial charge in [0, 0.05) is 15.6 Å². The minimum atomic E-state index is -0.206. The molecule has 3 N–H and O–H groups in total. The summed E-state index contributed by atoms with van der Waals surface area (Å²) in [5.74, 6) is -0.206. The molecule has 1 amide bonds. The fraction of sp³-hybridized carbons (Fsp3) is 0.200. The molecule has 2 rings (SSSR count).